The van der Waals surface area contributed by atoms with Crippen LogP contribution in [0.25, 0.3) is 0 Å². The molecule has 0 atom stereocenters. The summed E-state index contributed by atoms with van der Waals surface area (Å²) in [4.78, 5) is 0. The first-order valence-electron chi connectivity index (χ1n) is 6.40. The summed E-state index contributed by atoms with van der Waals surface area (Å²) in [7, 11) is -0.446. The Balaban J connectivity index is 2.12. The van der Waals surface area contributed by atoms with Crippen molar-refractivity contribution in [2.24, 2.45) is 0 Å². The summed E-state index contributed by atoms with van der Waals surface area (Å²) < 4.78 is 0. The van der Waals surface area contributed by atoms with Crippen molar-refractivity contribution in [3.63, 3.8) is 0 Å². The molecular formula is C18H15P. The van der Waals surface area contributed by atoms with Crippen LogP contribution in [0.15, 0.2) is 91.0 Å². The van der Waals surface area contributed by atoms with Crippen LogP contribution in [-0.2, 0) is 0 Å². The number of hydrogen-bond acceptors (Lipinski definition) is 0. The number of hydrogen-bond donors (Lipinski definition) is 0. The Labute approximate surface area is 115 Å². The molecule has 0 nitrogen and oxygen atoms in total. The smallest absolute Gasteiger partial charge is 0.0134 e. The molecule has 0 amide bonds. The molecule has 0 spiro atoms. The summed E-state index contributed by atoms with van der Waals surface area (Å²) in [5.74, 6) is 0. The Morgan fingerprint density at radius 1 is 0.368 bits per heavy atom. The molecular weight excluding hydrogens is 220 g/mol. The van der Waals surface area contributed by atoms with E-state index in [0.717, 1.165) is 0 Å². The van der Waals surface area contributed by atoms with Gasteiger partial charge in [0.25, 0.3) is 0 Å². The molecule has 3 rings (SSSR count). The largest absolute Gasteiger partial charge is 0.0622 e. The SMILES string of the molecule is c1ccc([4P](c2ccccc2)c2ccccc2)cc1. The molecule has 0 aromatic heterocycles. The van der Waals surface area contributed by atoms with Crippen LogP contribution < -0.4 is 15.9 Å². The Morgan fingerprint density at radius 3 is 0.895 bits per heavy atom. The summed E-state index contributed by atoms with van der Waals surface area (Å²) >= 11 is 0. The molecule has 92 valence electrons. The summed E-state index contributed by atoms with van der Waals surface area (Å²) in [6.45, 7) is 0. The maximum Gasteiger partial charge on any atom is -0.0134 e. The van der Waals surface area contributed by atoms with Crippen molar-refractivity contribution < 1.29 is 0 Å². The third kappa shape index (κ3) is 2.75. The van der Waals surface area contributed by atoms with E-state index in [9.17, 15) is 0 Å². The maximum atomic E-state index is 2.23. The van der Waals surface area contributed by atoms with Gasteiger partial charge < -0.3 is 0 Å². The standard InChI is InChI=1S/C18H15P/c1-4-10-16(11-5-1)19(17-12-6-2-7-13-17)18-14-8-3-9-15-18/h1-15H/i19-27. The number of benzene rings is 3. The topological polar surface area (TPSA) is 0 Å². The van der Waals surface area contributed by atoms with E-state index in [1.54, 1.807) is 0 Å². The van der Waals surface area contributed by atoms with Gasteiger partial charge in [-0.05, 0) is 23.8 Å². The molecule has 0 saturated heterocycles. The lowest BCUT2D eigenvalue weighted by Gasteiger charge is -2.18. The van der Waals surface area contributed by atoms with Crippen LogP contribution in [0, 0.1) is 0 Å². The lowest BCUT2D eigenvalue weighted by atomic mass is 3.64. The highest BCUT2D eigenvalue weighted by Gasteiger charge is 2.14. The molecule has 3 aromatic carbocycles. The molecule has 0 aliphatic heterocycles. The van der Waals surface area contributed by atoms with E-state index in [4.69, 9.17) is 0 Å². The molecule has 19 heavy (non-hydrogen) atoms. The van der Waals surface area contributed by atoms with Crippen LogP contribution in [0.2, 0.25) is 0 Å². The van der Waals surface area contributed by atoms with Crippen molar-refractivity contribution in [1.29, 1.82) is 0 Å². The van der Waals surface area contributed by atoms with Crippen molar-refractivity contribution in [2.45, 2.75) is 0 Å². The normalized spacial score (nSPS) is 10.6. The zero-order chi connectivity index (χ0) is 12.9. The van der Waals surface area contributed by atoms with Crippen LogP contribution >= 0.6 is 7.92 Å². The van der Waals surface area contributed by atoms with E-state index >= 15 is 0 Å². The Morgan fingerprint density at radius 2 is 0.632 bits per heavy atom. The highest BCUT2D eigenvalue weighted by Crippen LogP contribution is 2.32. The van der Waals surface area contributed by atoms with Crippen LogP contribution in [0.4, 0.5) is 0 Å². The molecule has 0 heterocycles. The van der Waals surface area contributed by atoms with Gasteiger partial charge in [0.05, 0.1) is 0 Å². The third-order valence-electron chi connectivity index (χ3n) is 3.04. The first kappa shape index (κ1) is 12.1. The van der Waals surface area contributed by atoms with Crippen LogP contribution in [-0.4, -0.2) is 0 Å². The Kier molecular flexibility index (Phi) is 3.72. The molecule has 0 N–H and O–H groups in total. The first-order valence-corrected chi connectivity index (χ1v) is 7.74. The Hall–Kier alpha value is -1.91. The lowest BCUT2D eigenvalue weighted by Crippen LogP contribution is -2.20. The minimum Gasteiger partial charge on any atom is -0.0622 e. The van der Waals surface area contributed by atoms with Gasteiger partial charge in [0.15, 0.2) is 0 Å². The summed E-state index contributed by atoms with van der Waals surface area (Å²) in [5.41, 5.74) is 0. The molecule has 0 aliphatic rings. The second-order valence-electron chi connectivity index (χ2n) is 4.34. The molecule has 3 aromatic rings. The monoisotopic (exact) mass is 235 g/mol. The fourth-order valence-electron chi connectivity index (χ4n) is 2.18. The fourth-order valence-corrected chi connectivity index (χ4v) is 4.48. The van der Waals surface area contributed by atoms with Crippen LogP contribution in [0.1, 0.15) is 0 Å². The van der Waals surface area contributed by atoms with Gasteiger partial charge in [-0.25, -0.2) is 0 Å². The van der Waals surface area contributed by atoms with Gasteiger partial charge >= 0.3 is 0 Å². The molecule has 0 aliphatic carbocycles. The highest BCUT2D eigenvalue weighted by atomic mass is 13.7. The van der Waals surface area contributed by atoms with Crippen LogP contribution in [0.3, 0.4) is 0 Å². The first-order chi connectivity index (χ1) is 9.45. The molecule has 0 fully saturated rings. The third-order valence-corrected chi connectivity index (χ3v) is 5.49. The quantitative estimate of drug-likeness (QED) is 0.610. The van der Waals surface area contributed by atoms with Crippen molar-refractivity contribution in [2.75, 3.05) is 0 Å². The van der Waals surface area contributed by atoms with E-state index in [2.05, 4.69) is 91.0 Å². The summed E-state index contributed by atoms with van der Waals surface area (Å²) in [6, 6.07) is 32.3. The molecule has 0 saturated carbocycles. The minimum absolute atomic E-state index is 0.446. The van der Waals surface area contributed by atoms with Gasteiger partial charge in [0, 0.05) is 0 Å². The van der Waals surface area contributed by atoms with E-state index in [1.165, 1.54) is 15.9 Å². The predicted molar refractivity (Wildman–Crippen MR) is 85.1 cm³/mol. The summed E-state index contributed by atoms with van der Waals surface area (Å²) in [6.07, 6.45) is 0. The van der Waals surface area contributed by atoms with Gasteiger partial charge in [-0.2, -0.15) is 0 Å². The molecule has 0 unspecified atom stereocenters. The number of rotatable bonds is 3. The zero-order valence-corrected chi connectivity index (χ0v) is 11.5. The predicted octanol–water partition coefficient (Wildman–Crippen LogP) is 3.44. The van der Waals surface area contributed by atoms with E-state index in [-0.39, 0.29) is 0 Å². The van der Waals surface area contributed by atoms with Crippen molar-refractivity contribution >= 4 is 23.8 Å². The van der Waals surface area contributed by atoms with Gasteiger partial charge in [0.1, 0.15) is 0 Å². The minimum atomic E-state index is -0.446. The fraction of sp³-hybridized carbons (Fsp3) is 0. The van der Waals surface area contributed by atoms with Gasteiger partial charge in [0.2, 0.25) is 0 Å². The van der Waals surface area contributed by atoms with E-state index < -0.39 is 7.92 Å². The molecule has 0 radical (unpaired) electrons. The summed E-state index contributed by atoms with van der Waals surface area (Å²) in [5, 5.41) is 4.19. The van der Waals surface area contributed by atoms with Gasteiger partial charge in [-0.15, -0.1) is 0 Å². The Bertz CT molecular complexity index is 524. The lowest BCUT2D eigenvalue weighted by molar-refractivity contribution is 1.74. The second kappa shape index (κ2) is 5.82. The molecule has 1 heteroatoms. The van der Waals surface area contributed by atoms with E-state index in [0.29, 0.717) is 0 Å². The zero-order valence-electron chi connectivity index (χ0n) is 10.6. The van der Waals surface area contributed by atoms with Crippen LogP contribution in [0.5, 0.6) is 0 Å². The van der Waals surface area contributed by atoms with Gasteiger partial charge in [-0.3, -0.25) is 0 Å². The second-order valence-corrected chi connectivity index (χ2v) is 6.56. The molecule has 0 bridgehead atoms. The average molecular weight is 235 g/mol. The van der Waals surface area contributed by atoms with E-state index in [1.807, 2.05) is 0 Å². The van der Waals surface area contributed by atoms with Crippen molar-refractivity contribution in [1.82, 2.24) is 0 Å². The average Bonchev–Trinajstić information content (AvgIpc) is 2.51. The highest BCUT2D eigenvalue weighted by molar-refractivity contribution is 7.79. The van der Waals surface area contributed by atoms with Crippen molar-refractivity contribution in [3.8, 4) is 0 Å². The van der Waals surface area contributed by atoms with Gasteiger partial charge in [-0.1, -0.05) is 91.0 Å². The van der Waals surface area contributed by atoms with Crippen molar-refractivity contribution in [3.05, 3.63) is 91.0 Å². The maximum absolute atomic E-state index is 2.23.